The van der Waals surface area contributed by atoms with Crippen LogP contribution in [0.1, 0.15) is 19.8 Å². The number of hydrogen-bond acceptors (Lipinski definition) is 5. The Morgan fingerprint density at radius 3 is 2.48 bits per heavy atom. The molecule has 1 aromatic carbocycles. The Bertz CT molecular complexity index is 703. The molecule has 0 saturated carbocycles. The maximum Gasteiger partial charge on any atom is 0.269 e. The lowest BCUT2D eigenvalue weighted by Crippen LogP contribution is -2.19. The predicted molar refractivity (Wildman–Crippen MR) is 76.6 cm³/mol. The lowest BCUT2D eigenvalue weighted by molar-refractivity contribution is -0.384. The van der Waals surface area contributed by atoms with Gasteiger partial charge in [-0.15, -0.1) is 0 Å². The normalized spacial score (nSPS) is 18.3. The summed E-state index contributed by atoms with van der Waals surface area (Å²) >= 11 is 0. The molecule has 0 heterocycles. The zero-order chi connectivity index (χ0) is 15.6. The van der Waals surface area contributed by atoms with Gasteiger partial charge in [0.15, 0.2) is 15.6 Å². The Kier molecular flexibility index (Phi) is 4.22. The molecule has 7 heteroatoms. The van der Waals surface area contributed by atoms with Gasteiger partial charge in [0.25, 0.3) is 5.69 Å². The predicted octanol–water partition coefficient (Wildman–Crippen LogP) is 2.29. The second kappa shape index (κ2) is 5.77. The van der Waals surface area contributed by atoms with Crippen molar-refractivity contribution in [2.75, 3.05) is 5.75 Å². The molecule has 0 amide bonds. The number of nitro benzene ring substituents is 1. The first-order valence-electron chi connectivity index (χ1n) is 6.49. The Balaban J connectivity index is 2.21. The minimum absolute atomic E-state index is 0.0444. The number of hydrogen-bond donors (Lipinski definition) is 0. The molecular weight excluding hydrogens is 294 g/mol. The summed E-state index contributed by atoms with van der Waals surface area (Å²) in [7, 11) is -3.57. The monoisotopic (exact) mass is 309 g/mol. The molecule has 1 aliphatic carbocycles. The molecule has 2 rings (SSSR count). The molecule has 1 atom stereocenters. The highest BCUT2D eigenvalue weighted by Gasteiger charge is 2.28. The average Bonchev–Trinajstić information content (AvgIpc) is 2.86. The summed E-state index contributed by atoms with van der Waals surface area (Å²) in [6.07, 6.45) is 3.13. The van der Waals surface area contributed by atoms with E-state index in [2.05, 4.69) is 0 Å². The van der Waals surface area contributed by atoms with Crippen molar-refractivity contribution < 1.29 is 18.1 Å². The van der Waals surface area contributed by atoms with E-state index in [9.17, 15) is 23.3 Å². The van der Waals surface area contributed by atoms with Gasteiger partial charge in [-0.05, 0) is 37.5 Å². The number of benzene rings is 1. The van der Waals surface area contributed by atoms with Crippen molar-refractivity contribution >= 4 is 21.3 Å². The van der Waals surface area contributed by atoms with Crippen LogP contribution in [0.25, 0.3) is 0 Å². The zero-order valence-electron chi connectivity index (χ0n) is 11.5. The van der Waals surface area contributed by atoms with Gasteiger partial charge in [0.2, 0.25) is 0 Å². The molecule has 6 nitrogen and oxygen atoms in total. The van der Waals surface area contributed by atoms with E-state index in [0.717, 1.165) is 0 Å². The molecule has 0 saturated heterocycles. The number of nitrogens with zero attached hydrogens (tertiary/aromatic N) is 1. The number of allylic oxidation sites excluding steroid dienone is 2. The SMILES string of the molecule is CC(=O)C1=CCCC1CS(=O)(=O)c1ccc([N+](=O)[O-])cc1. The lowest BCUT2D eigenvalue weighted by atomic mass is 10.0. The topological polar surface area (TPSA) is 94.3 Å². The third kappa shape index (κ3) is 3.36. The summed E-state index contributed by atoms with van der Waals surface area (Å²) in [5.41, 5.74) is 0.416. The number of carbonyl (C=O) groups excluding carboxylic acids is 1. The van der Waals surface area contributed by atoms with Crippen molar-refractivity contribution in [3.05, 3.63) is 46.0 Å². The zero-order valence-corrected chi connectivity index (χ0v) is 12.3. The number of nitro groups is 1. The molecular formula is C14H15NO5S. The average molecular weight is 309 g/mol. The highest BCUT2D eigenvalue weighted by Crippen LogP contribution is 2.30. The smallest absolute Gasteiger partial charge is 0.269 e. The maximum atomic E-state index is 12.3. The van der Waals surface area contributed by atoms with E-state index in [1.165, 1.54) is 31.2 Å². The van der Waals surface area contributed by atoms with Gasteiger partial charge >= 0.3 is 0 Å². The van der Waals surface area contributed by atoms with E-state index in [0.29, 0.717) is 18.4 Å². The summed E-state index contributed by atoms with van der Waals surface area (Å²) < 4.78 is 24.7. The molecule has 0 radical (unpaired) electrons. The van der Waals surface area contributed by atoms with E-state index in [1.54, 1.807) is 6.08 Å². The molecule has 1 unspecified atom stereocenters. The van der Waals surface area contributed by atoms with Gasteiger partial charge in [0, 0.05) is 18.1 Å². The van der Waals surface area contributed by atoms with Crippen molar-refractivity contribution in [1.82, 2.24) is 0 Å². The van der Waals surface area contributed by atoms with Crippen molar-refractivity contribution in [2.45, 2.75) is 24.7 Å². The van der Waals surface area contributed by atoms with Crippen LogP contribution in [0.2, 0.25) is 0 Å². The molecule has 21 heavy (non-hydrogen) atoms. The van der Waals surface area contributed by atoms with Crippen LogP contribution in [-0.4, -0.2) is 24.9 Å². The Morgan fingerprint density at radius 2 is 1.95 bits per heavy atom. The van der Waals surface area contributed by atoms with Crippen LogP contribution in [0.4, 0.5) is 5.69 Å². The third-order valence-electron chi connectivity index (χ3n) is 3.55. The quantitative estimate of drug-likeness (QED) is 0.614. The highest BCUT2D eigenvalue weighted by atomic mass is 32.2. The maximum absolute atomic E-state index is 12.3. The van der Waals surface area contributed by atoms with Gasteiger partial charge in [0.05, 0.1) is 15.6 Å². The minimum Gasteiger partial charge on any atom is -0.295 e. The molecule has 0 bridgehead atoms. The van der Waals surface area contributed by atoms with Crippen LogP contribution in [0.15, 0.2) is 40.8 Å². The molecule has 1 aromatic rings. The summed E-state index contributed by atoms with van der Waals surface area (Å²) in [6.45, 7) is 1.43. The number of Topliss-reactive ketones (excluding diaryl/α,β-unsaturated/α-hetero) is 1. The summed E-state index contributed by atoms with van der Waals surface area (Å²) in [5.74, 6) is -0.532. The molecule has 0 spiro atoms. The molecule has 112 valence electrons. The molecule has 1 aliphatic rings. The molecule has 0 N–H and O–H groups in total. The van der Waals surface area contributed by atoms with Crippen molar-refractivity contribution in [1.29, 1.82) is 0 Å². The summed E-state index contributed by atoms with van der Waals surface area (Å²) in [6, 6.07) is 4.81. The molecule has 0 aliphatic heterocycles. The second-order valence-corrected chi connectivity index (χ2v) is 7.06. The first-order valence-corrected chi connectivity index (χ1v) is 8.14. The second-order valence-electron chi connectivity index (χ2n) is 5.02. The standard InChI is InChI=1S/C14H15NO5S/c1-10(16)14-4-2-3-11(14)9-21(19,20)13-7-5-12(6-8-13)15(17)18/h4-8,11H,2-3,9H2,1H3. The van der Waals surface area contributed by atoms with Gasteiger partial charge in [0.1, 0.15) is 0 Å². The van der Waals surface area contributed by atoms with Crippen LogP contribution >= 0.6 is 0 Å². The minimum atomic E-state index is -3.57. The number of carbonyl (C=O) groups is 1. The van der Waals surface area contributed by atoms with Crippen LogP contribution in [0, 0.1) is 16.0 Å². The fourth-order valence-corrected chi connectivity index (χ4v) is 4.12. The number of rotatable bonds is 5. The van der Waals surface area contributed by atoms with Crippen LogP contribution in [0.5, 0.6) is 0 Å². The number of ketones is 1. The number of sulfone groups is 1. The first kappa shape index (κ1) is 15.4. The summed E-state index contributed by atoms with van der Waals surface area (Å²) in [4.78, 5) is 21.5. The summed E-state index contributed by atoms with van der Waals surface area (Å²) in [5, 5.41) is 10.6. The van der Waals surface area contributed by atoms with Crippen molar-refractivity contribution in [2.24, 2.45) is 5.92 Å². The van der Waals surface area contributed by atoms with Gasteiger partial charge < -0.3 is 0 Å². The van der Waals surface area contributed by atoms with Gasteiger partial charge in [-0.3, -0.25) is 14.9 Å². The van der Waals surface area contributed by atoms with Crippen LogP contribution in [0.3, 0.4) is 0 Å². The van der Waals surface area contributed by atoms with Gasteiger partial charge in [-0.2, -0.15) is 0 Å². The van der Waals surface area contributed by atoms with E-state index in [4.69, 9.17) is 0 Å². The first-order chi connectivity index (χ1) is 9.81. The number of non-ortho nitro benzene ring substituents is 1. The van der Waals surface area contributed by atoms with E-state index >= 15 is 0 Å². The fraction of sp³-hybridized carbons (Fsp3) is 0.357. The van der Waals surface area contributed by atoms with E-state index in [1.807, 2.05) is 0 Å². The largest absolute Gasteiger partial charge is 0.295 e. The van der Waals surface area contributed by atoms with Crippen molar-refractivity contribution in [3.63, 3.8) is 0 Å². The van der Waals surface area contributed by atoms with E-state index < -0.39 is 14.8 Å². The Hall–Kier alpha value is -2.02. The molecule has 0 aromatic heterocycles. The third-order valence-corrected chi connectivity index (χ3v) is 5.38. The van der Waals surface area contributed by atoms with Crippen LogP contribution < -0.4 is 0 Å². The molecule has 0 fully saturated rings. The van der Waals surface area contributed by atoms with Gasteiger partial charge in [-0.1, -0.05) is 6.08 Å². The lowest BCUT2D eigenvalue weighted by Gasteiger charge is -2.13. The van der Waals surface area contributed by atoms with Gasteiger partial charge in [-0.25, -0.2) is 8.42 Å². The fourth-order valence-electron chi connectivity index (χ4n) is 2.50. The Morgan fingerprint density at radius 1 is 1.33 bits per heavy atom. The van der Waals surface area contributed by atoms with E-state index in [-0.39, 0.29) is 28.0 Å². The van der Waals surface area contributed by atoms with Crippen LogP contribution in [-0.2, 0) is 14.6 Å². The van der Waals surface area contributed by atoms with Crippen molar-refractivity contribution in [3.8, 4) is 0 Å². The Labute approximate surface area is 122 Å². The highest BCUT2D eigenvalue weighted by molar-refractivity contribution is 7.91.